The lowest BCUT2D eigenvalue weighted by Crippen LogP contribution is -2.60. The van der Waals surface area contributed by atoms with Gasteiger partial charge in [-0.05, 0) is 45.2 Å². The van der Waals surface area contributed by atoms with Gasteiger partial charge in [-0.25, -0.2) is 9.59 Å². The van der Waals surface area contributed by atoms with Crippen LogP contribution in [0.15, 0.2) is 30.3 Å². The molecule has 0 bridgehead atoms. The largest absolute Gasteiger partial charge is 0.480 e. The summed E-state index contributed by atoms with van der Waals surface area (Å²) in [6.07, 6.45) is 2.19. The number of rotatable bonds is 3. The van der Waals surface area contributed by atoms with Crippen molar-refractivity contribution in [2.24, 2.45) is 0 Å². The van der Waals surface area contributed by atoms with Crippen LogP contribution >= 0.6 is 0 Å². The lowest BCUT2D eigenvalue weighted by Gasteiger charge is -2.43. The molecular formula is C16H22N2O3. The number of anilines is 1. The van der Waals surface area contributed by atoms with Gasteiger partial charge in [0, 0.05) is 18.8 Å². The topological polar surface area (TPSA) is 60.9 Å². The van der Waals surface area contributed by atoms with Gasteiger partial charge in [0.2, 0.25) is 0 Å². The number of carboxylic acids is 1. The van der Waals surface area contributed by atoms with E-state index < -0.39 is 11.5 Å². The van der Waals surface area contributed by atoms with E-state index in [1.165, 1.54) is 4.90 Å². The summed E-state index contributed by atoms with van der Waals surface area (Å²) in [4.78, 5) is 27.6. The number of hydrogen-bond donors (Lipinski definition) is 1. The molecule has 0 aromatic heterocycles. The van der Waals surface area contributed by atoms with Crippen LogP contribution in [0.25, 0.3) is 0 Å². The molecule has 1 aromatic carbocycles. The number of benzene rings is 1. The summed E-state index contributed by atoms with van der Waals surface area (Å²) in [7, 11) is 0. The third-order valence-corrected chi connectivity index (χ3v) is 4.20. The molecule has 0 aliphatic carbocycles. The fourth-order valence-corrected chi connectivity index (χ4v) is 2.83. The van der Waals surface area contributed by atoms with Gasteiger partial charge in [0.1, 0.15) is 5.54 Å². The maximum Gasteiger partial charge on any atom is 0.329 e. The summed E-state index contributed by atoms with van der Waals surface area (Å²) < 4.78 is 0. The molecular weight excluding hydrogens is 268 g/mol. The Bertz CT molecular complexity index is 518. The zero-order valence-corrected chi connectivity index (χ0v) is 12.6. The van der Waals surface area contributed by atoms with E-state index >= 15 is 0 Å². The third kappa shape index (κ3) is 2.86. The molecule has 114 valence electrons. The second kappa shape index (κ2) is 6.16. The second-order valence-electron chi connectivity index (χ2n) is 5.55. The van der Waals surface area contributed by atoms with Gasteiger partial charge in [0.05, 0.1) is 0 Å². The van der Waals surface area contributed by atoms with Gasteiger partial charge in [-0.1, -0.05) is 18.2 Å². The first-order valence-electron chi connectivity index (χ1n) is 7.38. The molecule has 1 N–H and O–H groups in total. The van der Waals surface area contributed by atoms with Crippen molar-refractivity contribution in [1.82, 2.24) is 4.90 Å². The lowest BCUT2D eigenvalue weighted by atomic mass is 9.89. The number of amides is 2. The summed E-state index contributed by atoms with van der Waals surface area (Å²) in [5.41, 5.74) is -0.319. The fraction of sp³-hybridized carbons (Fsp3) is 0.500. The molecule has 1 unspecified atom stereocenters. The first-order chi connectivity index (χ1) is 10.0. The van der Waals surface area contributed by atoms with E-state index in [9.17, 15) is 14.7 Å². The molecule has 1 atom stereocenters. The zero-order valence-electron chi connectivity index (χ0n) is 12.6. The number of urea groups is 1. The fourth-order valence-electron chi connectivity index (χ4n) is 2.83. The van der Waals surface area contributed by atoms with Crippen molar-refractivity contribution in [3.8, 4) is 0 Å². The standard InChI is InChI=1S/C16H22N2O3/c1-3-17(13-9-5-4-6-10-13)15(21)18-12-8-7-11-16(18,2)14(19)20/h4-6,9-10H,3,7-8,11-12H2,1-2H3,(H,19,20). The van der Waals surface area contributed by atoms with E-state index in [4.69, 9.17) is 0 Å². The SMILES string of the molecule is CCN(C(=O)N1CCCCC1(C)C(=O)O)c1ccccc1. The quantitative estimate of drug-likeness (QED) is 0.931. The molecule has 2 amide bonds. The summed E-state index contributed by atoms with van der Waals surface area (Å²) in [5, 5.41) is 9.53. The Hall–Kier alpha value is -2.04. The van der Waals surface area contributed by atoms with E-state index in [0.717, 1.165) is 18.5 Å². The van der Waals surface area contributed by atoms with Gasteiger partial charge in [0.25, 0.3) is 0 Å². The van der Waals surface area contributed by atoms with Gasteiger partial charge in [-0.2, -0.15) is 0 Å². The van der Waals surface area contributed by atoms with Gasteiger partial charge >= 0.3 is 12.0 Å². The molecule has 1 aliphatic rings. The number of carboxylic acid groups (broad SMARTS) is 1. The van der Waals surface area contributed by atoms with Gasteiger partial charge in [0.15, 0.2) is 0 Å². The van der Waals surface area contributed by atoms with Crippen molar-refractivity contribution < 1.29 is 14.7 Å². The first-order valence-corrected chi connectivity index (χ1v) is 7.38. The van der Waals surface area contributed by atoms with E-state index in [2.05, 4.69) is 0 Å². The minimum absolute atomic E-state index is 0.228. The second-order valence-corrected chi connectivity index (χ2v) is 5.55. The Morgan fingerprint density at radius 1 is 1.29 bits per heavy atom. The van der Waals surface area contributed by atoms with Crippen LogP contribution in [-0.4, -0.2) is 40.6 Å². The number of hydrogen-bond acceptors (Lipinski definition) is 2. The first kappa shape index (κ1) is 15.4. The Morgan fingerprint density at radius 2 is 1.95 bits per heavy atom. The average molecular weight is 290 g/mol. The number of nitrogens with zero attached hydrogens (tertiary/aromatic N) is 2. The monoisotopic (exact) mass is 290 g/mol. The number of carbonyl (C=O) groups is 2. The number of piperidine rings is 1. The Kier molecular flexibility index (Phi) is 4.50. The van der Waals surface area contributed by atoms with Crippen molar-refractivity contribution in [1.29, 1.82) is 0 Å². The maximum atomic E-state index is 12.8. The maximum absolute atomic E-state index is 12.8. The van der Waals surface area contributed by atoms with Gasteiger partial charge < -0.3 is 10.0 Å². The molecule has 0 radical (unpaired) electrons. The zero-order chi connectivity index (χ0) is 15.5. The van der Waals surface area contributed by atoms with Crippen LogP contribution in [0.4, 0.5) is 10.5 Å². The van der Waals surface area contributed by atoms with Crippen LogP contribution in [0.1, 0.15) is 33.1 Å². The van der Waals surface area contributed by atoms with Crippen LogP contribution in [0, 0.1) is 0 Å². The minimum atomic E-state index is -1.11. The van der Waals surface area contributed by atoms with Crippen LogP contribution in [0.2, 0.25) is 0 Å². The Morgan fingerprint density at radius 3 is 2.52 bits per heavy atom. The molecule has 1 aliphatic heterocycles. The van der Waals surface area contributed by atoms with E-state index in [-0.39, 0.29) is 6.03 Å². The van der Waals surface area contributed by atoms with Crippen LogP contribution in [0.3, 0.4) is 0 Å². The molecule has 1 fully saturated rings. The predicted molar refractivity (Wildman–Crippen MR) is 81.5 cm³/mol. The predicted octanol–water partition coefficient (Wildman–Crippen LogP) is 2.96. The molecule has 0 spiro atoms. The highest BCUT2D eigenvalue weighted by atomic mass is 16.4. The van der Waals surface area contributed by atoms with Crippen LogP contribution < -0.4 is 4.90 Å². The summed E-state index contributed by atoms with van der Waals surface area (Å²) >= 11 is 0. The average Bonchev–Trinajstić information content (AvgIpc) is 2.49. The van der Waals surface area contributed by atoms with Crippen LogP contribution in [-0.2, 0) is 4.79 Å². The molecule has 2 rings (SSSR count). The highest BCUT2D eigenvalue weighted by molar-refractivity contribution is 5.95. The Balaban J connectivity index is 2.30. The molecule has 5 nitrogen and oxygen atoms in total. The smallest absolute Gasteiger partial charge is 0.329 e. The van der Waals surface area contributed by atoms with Gasteiger partial charge in [-0.3, -0.25) is 4.90 Å². The number of likely N-dealkylation sites (tertiary alicyclic amines) is 1. The minimum Gasteiger partial charge on any atom is -0.480 e. The highest BCUT2D eigenvalue weighted by Crippen LogP contribution is 2.30. The molecule has 0 saturated carbocycles. The van der Waals surface area contributed by atoms with Crippen molar-refractivity contribution in [3.63, 3.8) is 0 Å². The highest BCUT2D eigenvalue weighted by Gasteiger charge is 2.45. The van der Waals surface area contributed by atoms with E-state index in [1.54, 1.807) is 11.8 Å². The summed E-state index contributed by atoms with van der Waals surface area (Å²) in [6.45, 7) is 4.54. The normalized spacial score (nSPS) is 21.9. The molecule has 1 heterocycles. The van der Waals surface area contributed by atoms with Crippen LogP contribution in [0.5, 0.6) is 0 Å². The lowest BCUT2D eigenvalue weighted by molar-refractivity contribution is -0.150. The van der Waals surface area contributed by atoms with Crippen molar-refractivity contribution >= 4 is 17.7 Å². The van der Waals surface area contributed by atoms with Crippen molar-refractivity contribution in [3.05, 3.63) is 30.3 Å². The van der Waals surface area contributed by atoms with E-state index in [1.807, 2.05) is 37.3 Å². The summed E-state index contributed by atoms with van der Waals surface area (Å²) in [6, 6.07) is 9.14. The van der Waals surface area contributed by atoms with E-state index in [0.29, 0.717) is 19.5 Å². The number of carbonyl (C=O) groups excluding carboxylic acids is 1. The van der Waals surface area contributed by atoms with Gasteiger partial charge in [-0.15, -0.1) is 0 Å². The van der Waals surface area contributed by atoms with Crippen molar-refractivity contribution in [2.75, 3.05) is 18.0 Å². The molecule has 1 aromatic rings. The molecule has 1 saturated heterocycles. The molecule has 5 heteroatoms. The number of aliphatic carboxylic acids is 1. The number of para-hydroxylation sites is 1. The summed E-state index contributed by atoms with van der Waals surface area (Å²) in [5.74, 6) is -0.931. The Labute approximate surface area is 125 Å². The van der Waals surface area contributed by atoms with Crippen molar-refractivity contribution in [2.45, 2.75) is 38.6 Å². The molecule has 21 heavy (non-hydrogen) atoms. The third-order valence-electron chi connectivity index (χ3n) is 4.20.